The Morgan fingerprint density at radius 3 is 2.89 bits per heavy atom. The Labute approximate surface area is 111 Å². The molecule has 1 aliphatic rings. The van der Waals surface area contributed by atoms with Gasteiger partial charge in [-0.3, -0.25) is 14.8 Å². The summed E-state index contributed by atoms with van der Waals surface area (Å²) in [7, 11) is 0. The van der Waals surface area contributed by atoms with Gasteiger partial charge < -0.3 is 10.6 Å². The monoisotopic (exact) mass is 256 g/mol. The number of nitrogens with one attached hydrogen (secondary N) is 2. The molecule has 3 rings (SSSR count). The van der Waals surface area contributed by atoms with Crippen molar-refractivity contribution in [1.29, 1.82) is 0 Å². The first-order valence-corrected chi connectivity index (χ1v) is 6.56. The summed E-state index contributed by atoms with van der Waals surface area (Å²) in [5.74, 6) is -0.0938. The van der Waals surface area contributed by atoms with E-state index in [2.05, 4.69) is 20.6 Å². The lowest BCUT2D eigenvalue weighted by Crippen LogP contribution is -2.32. The highest BCUT2D eigenvalue weighted by atomic mass is 16.1. The number of hydrogen-bond acceptors (Lipinski definition) is 4. The Bertz CT molecular complexity index is 590. The number of benzene rings is 1. The third-order valence-corrected chi connectivity index (χ3v) is 3.16. The number of fused-ring (bicyclic) bond motifs is 1. The minimum atomic E-state index is -0.0938. The first-order valence-electron chi connectivity index (χ1n) is 6.56. The molecule has 0 unspecified atom stereocenters. The average Bonchev–Trinajstić information content (AvgIpc) is 3.27. The SMILES string of the molecule is O=C(NCCNC1CC1)c1cccc2nccnc12. The molecule has 0 saturated heterocycles. The molecule has 1 aromatic heterocycles. The molecule has 0 radical (unpaired) electrons. The van der Waals surface area contributed by atoms with Gasteiger partial charge in [0.2, 0.25) is 0 Å². The summed E-state index contributed by atoms with van der Waals surface area (Å²) in [4.78, 5) is 20.5. The minimum Gasteiger partial charge on any atom is -0.351 e. The van der Waals surface area contributed by atoms with Gasteiger partial charge in [-0.25, -0.2) is 0 Å². The summed E-state index contributed by atoms with van der Waals surface area (Å²) < 4.78 is 0. The first kappa shape index (κ1) is 12.0. The molecule has 0 spiro atoms. The summed E-state index contributed by atoms with van der Waals surface area (Å²) in [5, 5.41) is 6.26. The van der Waals surface area contributed by atoms with Gasteiger partial charge in [0.15, 0.2) is 0 Å². The fourth-order valence-electron chi connectivity index (χ4n) is 2.01. The number of rotatable bonds is 5. The zero-order valence-corrected chi connectivity index (χ0v) is 10.6. The Kier molecular flexibility index (Phi) is 3.37. The topological polar surface area (TPSA) is 66.9 Å². The van der Waals surface area contributed by atoms with Crippen LogP contribution in [0.3, 0.4) is 0 Å². The predicted molar refractivity (Wildman–Crippen MR) is 72.9 cm³/mol. The molecule has 5 heteroatoms. The molecule has 0 bridgehead atoms. The van der Waals surface area contributed by atoms with Crippen LogP contribution in [-0.4, -0.2) is 35.0 Å². The van der Waals surface area contributed by atoms with Gasteiger partial charge in [-0.2, -0.15) is 0 Å². The lowest BCUT2D eigenvalue weighted by atomic mass is 10.1. The van der Waals surface area contributed by atoms with Crippen LogP contribution in [0.1, 0.15) is 23.2 Å². The first-order chi connectivity index (χ1) is 9.34. The van der Waals surface area contributed by atoms with Crippen molar-refractivity contribution in [3.63, 3.8) is 0 Å². The van der Waals surface area contributed by atoms with Crippen LogP contribution in [-0.2, 0) is 0 Å². The molecule has 1 saturated carbocycles. The van der Waals surface area contributed by atoms with Gasteiger partial charge in [-0.1, -0.05) is 6.07 Å². The number of amides is 1. The number of nitrogens with zero attached hydrogens (tertiary/aromatic N) is 2. The van der Waals surface area contributed by atoms with Crippen molar-refractivity contribution in [3.8, 4) is 0 Å². The molecule has 19 heavy (non-hydrogen) atoms. The van der Waals surface area contributed by atoms with Crippen LogP contribution < -0.4 is 10.6 Å². The molecule has 5 nitrogen and oxygen atoms in total. The molecular weight excluding hydrogens is 240 g/mol. The zero-order chi connectivity index (χ0) is 13.1. The van der Waals surface area contributed by atoms with E-state index in [1.165, 1.54) is 12.8 Å². The van der Waals surface area contributed by atoms with Crippen molar-refractivity contribution in [3.05, 3.63) is 36.2 Å². The zero-order valence-electron chi connectivity index (χ0n) is 10.6. The largest absolute Gasteiger partial charge is 0.351 e. The Morgan fingerprint density at radius 1 is 1.21 bits per heavy atom. The summed E-state index contributed by atoms with van der Waals surface area (Å²) >= 11 is 0. The highest BCUT2D eigenvalue weighted by Crippen LogP contribution is 2.18. The van der Waals surface area contributed by atoms with Crippen molar-refractivity contribution in [2.24, 2.45) is 0 Å². The molecule has 0 aliphatic heterocycles. The van der Waals surface area contributed by atoms with Crippen LogP contribution in [0.5, 0.6) is 0 Å². The minimum absolute atomic E-state index is 0.0938. The van der Waals surface area contributed by atoms with E-state index in [0.717, 1.165) is 12.1 Å². The molecule has 1 heterocycles. The maximum atomic E-state index is 12.1. The van der Waals surface area contributed by atoms with Gasteiger partial charge in [0.25, 0.3) is 5.91 Å². The van der Waals surface area contributed by atoms with Crippen LogP contribution in [0.15, 0.2) is 30.6 Å². The van der Waals surface area contributed by atoms with E-state index in [0.29, 0.717) is 23.7 Å². The van der Waals surface area contributed by atoms with Crippen LogP contribution in [0.2, 0.25) is 0 Å². The number of carbonyl (C=O) groups excluding carboxylic acids is 1. The van der Waals surface area contributed by atoms with E-state index in [9.17, 15) is 4.79 Å². The van der Waals surface area contributed by atoms with E-state index in [1.54, 1.807) is 18.5 Å². The van der Waals surface area contributed by atoms with E-state index < -0.39 is 0 Å². The van der Waals surface area contributed by atoms with Crippen LogP contribution in [0.25, 0.3) is 11.0 Å². The van der Waals surface area contributed by atoms with Gasteiger partial charge in [0.05, 0.1) is 11.1 Å². The second kappa shape index (κ2) is 5.32. The third kappa shape index (κ3) is 2.88. The van der Waals surface area contributed by atoms with Crippen molar-refractivity contribution in [2.75, 3.05) is 13.1 Å². The maximum absolute atomic E-state index is 12.1. The molecule has 1 aromatic carbocycles. The normalized spacial score (nSPS) is 14.5. The summed E-state index contributed by atoms with van der Waals surface area (Å²) in [6, 6.07) is 6.13. The fraction of sp³-hybridized carbons (Fsp3) is 0.357. The van der Waals surface area contributed by atoms with E-state index in [1.807, 2.05) is 12.1 Å². The van der Waals surface area contributed by atoms with Gasteiger partial charge in [-0.15, -0.1) is 0 Å². The molecule has 2 aromatic rings. The lowest BCUT2D eigenvalue weighted by molar-refractivity contribution is 0.0955. The Balaban J connectivity index is 1.66. The molecule has 2 N–H and O–H groups in total. The van der Waals surface area contributed by atoms with Gasteiger partial charge in [0, 0.05) is 31.5 Å². The average molecular weight is 256 g/mol. The Hall–Kier alpha value is -2.01. The van der Waals surface area contributed by atoms with E-state index in [-0.39, 0.29) is 5.91 Å². The van der Waals surface area contributed by atoms with Crippen molar-refractivity contribution >= 4 is 16.9 Å². The van der Waals surface area contributed by atoms with Crippen LogP contribution >= 0.6 is 0 Å². The number of carbonyl (C=O) groups is 1. The molecule has 98 valence electrons. The number of para-hydroxylation sites is 1. The van der Waals surface area contributed by atoms with Crippen LogP contribution in [0.4, 0.5) is 0 Å². The fourth-order valence-corrected chi connectivity index (χ4v) is 2.01. The van der Waals surface area contributed by atoms with Crippen molar-refractivity contribution in [2.45, 2.75) is 18.9 Å². The molecule has 1 aliphatic carbocycles. The number of aromatic nitrogens is 2. The van der Waals surface area contributed by atoms with E-state index >= 15 is 0 Å². The van der Waals surface area contributed by atoms with Crippen LogP contribution in [0, 0.1) is 0 Å². The quantitative estimate of drug-likeness (QED) is 0.786. The third-order valence-electron chi connectivity index (χ3n) is 3.16. The highest BCUT2D eigenvalue weighted by Gasteiger charge is 2.19. The molecule has 1 fully saturated rings. The summed E-state index contributed by atoms with van der Waals surface area (Å²) in [5.41, 5.74) is 1.97. The Morgan fingerprint density at radius 2 is 2.05 bits per heavy atom. The molecule has 0 atom stereocenters. The number of hydrogen-bond donors (Lipinski definition) is 2. The second-order valence-electron chi connectivity index (χ2n) is 4.71. The summed E-state index contributed by atoms with van der Waals surface area (Å²) in [6.45, 7) is 1.44. The standard InChI is InChI=1S/C14H16N4O/c19-14(18-9-6-15-10-4-5-10)11-2-1-3-12-13(11)17-8-7-16-12/h1-3,7-8,10,15H,4-6,9H2,(H,18,19). The second-order valence-corrected chi connectivity index (χ2v) is 4.71. The maximum Gasteiger partial charge on any atom is 0.253 e. The summed E-state index contributed by atoms with van der Waals surface area (Å²) in [6.07, 6.45) is 5.75. The molecular formula is C14H16N4O. The van der Waals surface area contributed by atoms with Crippen molar-refractivity contribution in [1.82, 2.24) is 20.6 Å². The molecule has 1 amide bonds. The smallest absolute Gasteiger partial charge is 0.253 e. The predicted octanol–water partition coefficient (Wildman–Crippen LogP) is 1.11. The van der Waals surface area contributed by atoms with Gasteiger partial charge in [-0.05, 0) is 25.0 Å². The highest BCUT2D eigenvalue weighted by molar-refractivity contribution is 6.04. The van der Waals surface area contributed by atoms with Crippen molar-refractivity contribution < 1.29 is 4.79 Å². The lowest BCUT2D eigenvalue weighted by Gasteiger charge is -2.07. The van der Waals surface area contributed by atoms with Gasteiger partial charge >= 0.3 is 0 Å². The van der Waals surface area contributed by atoms with Gasteiger partial charge in [0.1, 0.15) is 5.52 Å². The van der Waals surface area contributed by atoms with E-state index in [4.69, 9.17) is 0 Å².